The second-order valence-corrected chi connectivity index (χ2v) is 5.92. The molecule has 7 heteroatoms. The van der Waals surface area contributed by atoms with E-state index < -0.39 is 5.97 Å². The van der Waals surface area contributed by atoms with Crippen LogP contribution >= 0.6 is 11.6 Å². The van der Waals surface area contributed by atoms with E-state index in [1.54, 1.807) is 60.7 Å². The number of benzene rings is 2. The van der Waals surface area contributed by atoms with Crippen LogP contribution in [0.3, 0.4) is 0 Å². The highest BCUT2D eigenvalue weighted by Gasteiger charge is 2.08. The van der Waals surface area contributed by atoms with Gasteiger partial charge in [-0.3, -0.25) is 4.79 Å². The maximum absolute atomic E-state index is 12.0. The largest absolute Gasteiger partial charge is 0.465 e. The molecule has 1 aromatic heterocycles. The molecule has 0 bridgehead atoms. The summed E-state index contributed by atoms with van der Waals surface area (Å²) in [5.41, 5.74) is 4.07. The van der Waals surface area contributed by atoms with Gasteiger partial charge in [-0.25, -0.2) is 10.2 Å². The van der Waals surface area contributed by atoms with E-state index in [2.05, 4.69) is 15.3 Å². The maximum Gasteiger partial charge on any atom is 0.337 e. The molecule has 0 aliphatic heterocycles. The summed E-state index contributed by atoms with van der Waals surface area (Å²) < 4.78 is 10.3. The van der Waals surface area contributed by atoms with E-state index in [-0.39, 0.29) is 5.91 Å². The van der Waals surface area contributed by atoms with Gasteiger partial charge in [-0.2, -0.15) is 5.10 Å². The number of nitrogens with zero attached hydrogens (tertiary/aromatic N) is 1. The molecule has 3 aromatic rings. The topological polar surface area (TPSA) is 80.9 Å². The van der Waals surface area contributed by atoms with Crippen LogP contribution < -0.4 is 5.43 Å². The zero-order valence-electron chi connectivity index (χ0n) is 14.3. The Labute approximate surface area is 160 Å². The minimum Gasteiger partial charge on any atom is -0.465 e. The number of methoxy groups -OCH3 is 1. The number of nitrogens with one attached hydrogen (secondary N) is 1. The molecule has 0 atom stereocenters. The summed E-state index contributed by atoms with van der Waals surface area (Å²) in [6.07, 6.45) is 1.40. The summed E-state index contributed by atoms with van der Waals surface area (Å²) in [5.74, 6) is 0.297. The molecule has 1 heterocycles. The highest BCUT2D eigenvalue weighted by molar-refractivity contribution is 6.30. The molecule has 27 heavy (non-hydrogen) atoms. The lowest BCUT2D eigenvalue weighted by molar-refractivity contribution is 0.0600. The normalized spacial score (nSPS) is 10.7. The molecule has 136 valence electrons. The highest BCUT2D eigenvalue weighted by Crippen LogP contribution is 2.22. The predicted molar refractivity (Wildman–Crippen MR) is 102 cm³/mol. The van der Waals surface area contributed by atoms with Crippen LogP contribution in [-0.2, 0) is 4.74 Å². The smallest absolute Gasteiger partial charge is 0.337 e. The molecule has 6 nitrogen and oxygen atoms in total. The molecule has 0 aliphatic rings. The molecular weight excluding hydrogens is 368 g/mol. The summed E-state index contributed by atoms with van der Waals surface area (Å²) in [7, 11) is 1.33. The van der Waals surface area contributed by atoms with Crippen molar-refractivity contribution in [1.82, 2.24) is 5.43 Å². The zero-order chi connectivity index (χ0) is 19.2. The van der Waals surface area contributed by atoms with Gasteiger partial charge in [0.25, 0.3) is 5.91 Å². The minimum absolute atomic E-state index is 0.376. The van der Waals surface area contributed by atoms with Crippen LogP contribution in [0.15, 0.2) is 70.2 Å². The number of esters is 1. The van der Waals surface area contributed by atoms with E-state index in [0.29, 0.717) is 27.7 Å². The molecule has 1 N–H and O–H groups in total. The van der Waals surface area contributed by atoms with Crippen LogP contribution in [0.2, 0.25) is 5.02 Å². The van der Waals surface area contributed by atoms with Crippen molar-refractivity contribution in [3.05, 3.63) is 82.6 Å². The summed E-state index contributed by atoms with van der Waals surface area (Å²) in [6, 6.07) is 16.9. The molecule has 2 aromatic carbocycles. The Bertz CT molecular complexity index is 993. The number of ether oxygens (including phenoxy) is 1. The first kappa shape index (κ1) is 18.4. The fourth-order valence-corrected chi connectivity index (χ4v) is 2.50. The Kier molecular flexibility index (Phi) is 5.68. The van der Waals surface area contributed by atoms with Crippen molar-refractivity contribution in [2.75, 3.05) is 7.11 Å². The van der Waals surface area contributed by atoms with E-state index in [9.17, 15) is 9.59 Å². The minimum atomic E-state index is -0.399. The van der Waals surface area contributed by atoms with Crippen LogP contribution in [0, 0.1) is 0 Å². The lowest BCUT2D eigenvalue weighted by atomic mass is 10.1. The Hall–Kier alpha value is -3.38. The fourth-order valence-electron chi connectivity index (χ4n) is 2.31. The van der Waals surface area contributed by atoms with E-state index in [4.69, 9.17) is 16.0 Å². The average molecular weight is 383 g/mol. The van der Waals surface area contributed by atoms with Gasteiger partial charge in [-0.15, -0.1) is 0 Å². The Morgan fingerprint density at radius 2 is 1.85 bits per heavy atom. The predicted octanol–water partition coefficient (Wildman–Crippen LogP) is 4.15. The molecular formula is C20H15ClN2O4. The van der Waals surface area contributed by atoms with Crippen molar-refractivity contribution in [3.8, 4) is 11.3 Å². The van der Waals surface area contributed by atoms with Gasteiger partial charge in [0.1, 0.15) is 11.5 Å². The first-order chi connectivity index (χ1) is 13.1. The van der Waals surface area contributed by atoms with Gasteiger partial charge in [-0.1, -0.05) is 29.8 Å². The number of carbonyl (C=O) groups is 2. The number of hydrogen-bond acceptors (Lipinski definition) is 5. The second-order valence-electron chi connectivity index (χ2n) is 5.48. The lowest BCUT2D eigenvalue weighted by Crippen LogP contribution is -2.17. The molecule has 0 unspecified atom stereocenters. The maximum atomic E-state index is 12.0. The lowest BCUT2D eigenvalue weighted by Gasteiger charge is -2.01. The highest BCUT2D eigenvalue weighted by atomic mass is 35.5. The summed E-state index contributed by atoms with van der Waals surface area (Å²) >= 11 is 5.86. The van der Waals surface area contributed by atoms with Gasteiger partial charge in [-0.05, 0) is 42.5 Å². The SMILES string of the molecule is COC(=O)c1ccc(-c2ccc(/C=N\NC(=O)c3cccc(Cl)c3)o2)cc1. The molecule has 0 fully saturated rings. The first-order valence-electron chi connectivity index (χ1n) is 7.94. The molecule has 0 aliphatic carbocycles. The van der Waals surface area contributed by atoms with Crippen molar-refractivity contribution < 1.29 is 18.7 Å². The van der Waals surface area contributed by atoms with Crippen LogP contribution in [0.25, 0.3) is 11.3 Å². The summed E-state index contributed by atoms with van der Waals surface area (Å²) in [4.78, 5) is 23.4. The summed E-state index contributed by atoms with van der Waals surface area (Å²) in [5, 5.41) is 4.35. The quantitative estimate of drug-likeness (QED) is 0.408. The van der Waals surface area contributed by atoms with E-state index in [1.165, 1.54) is 13.3 Å². The molecule has 0 saturated carbocycles. The standard InChI is InChI=1S/C20H15ClN2O4/c1-26-20(25)14-7-5-13(6-8-14)18-10-9-17(27-18)12-22-23-19(24)15-3-2-4-16(21)11-15/h2-12H,1H3,(H,23,24)/b22-12-. The Balaban J connectivity index is 1.64. The van der Waals surface area contributed by atoms with Crippen molar-refractivity contribution in [2.24, 2.45) is 5.10 Å². The zero-order valence-corrected chi connectivity index (χ0v) is 15.1. The van der Waals surface area contributed by atoms with Gasteiger partial charge in [0.2, 0.25) is 0 Å². The third-order valence-electron chi connectivity index (χ3n) is 3.66. The number of rotatable bonds is 5. The third kappa shape index (κ3) is 4.62. The van der Waals surface area contributed by atoms with Gasteiger partial charge in [0.05, 0.1) is 18.9 Å². The summed E-state index contributed by atoms with van der Waals surface area (Å²) in [6.45, 7) is 0. The number of halogens is 1. The van der Waals surface area contributed by atoms with Gasteiger partial charge in [0, 0.05) is 16.1 Å². The van der Waals surface area contributed by atoms with Crippen LogP contribution in [0.1, 0.15) is 26.5 Å². The van der Waals surface area contributed by atoms with Crippen LogP contribution in [-0.4, -0.2) is 25.2 Å². The van der Waals surface area contributed by atoms with Crippen LogP contribution in [0.5, 0.6) is 0 Å². The van der Waals surface area contributed by atoms with Crippen molar-refractivity contribution in [1.29, 1.82) is 0 Å². The monoisotopic (exact) mass is 382 g/mol. The average Bonchev–Trinajstić information content (AvgIpc) is 3.16. The number of furan rings is 1. The number of amides is 1. The van der Waals surface area contributed by atoms with Gasteiger partial charge in [0.15, 0.2) is 0 Å². The van der Waals surface area contributed by atoms with E-state index in [0.717, 1.165) is 5.56 Å². The third-order valence-corrected chi connectivity index (χ3v) is 3.90. The van der Waals surface area contributed by atoms with Gasteiger partial charge < -0.3 is 9.15 Å². The Morgan fingerprint density at radius 3 is 2.56 bits per heavy atom. The fraction of sp³-hybridized carbons (Fsp3) is 0.0500. The van der Waals surface area contributed by atoms with Gasteiger partial charge >= 0.3 is 5.97 Å². The Morgan fingerprint density at radius 1 is 1.07 bits per heavy atom. The van der Waals surface area contributed by atoms with E-state index >= 15 is 0 Å². The van der Waals surface area contributed by atoms with Crippen molar-refractivity contribution >= 4 is 29.7 Å². The number of hydrogen-bond donors (Lipinski definition) is 1. The van der Waals surface area contributed by atoms with E-state index in [1.807, 2.05) is 0 Å². The molecule has 0 spiro atoms. The number of hydrazone groups is 1. The van der Waals surface area contributed by atoms with Crippen molar-refractivity contribution in [2.45, 2.75) is 0 Å². The number of carbonyl (C=O) groups excluding carboxylic acids is 2. The molecule has 0 radical (unpaired) electrons. The molecule has 0 saturated heterocycles. The van der Waals surface area contributed by atoms with Crippen LogP contribution in [0.4, 0.5) is 0 Å². The van der Waals surface area contributed by atoms with Crippen molar-refractivity contribution in [3.63, 3.8) is 0 Å². The second kappa shape index (κ2) is 8.33. The molecule has 1 amide bonds. The molecule has 3 rings (SSSR count). The first-order valence-corrected chi connectivity index (χ1v) is 8.32.